The molecule has 0 aliphatic rings. The van der Waals surface area contributed by atoms with Gasteiger partial charge in [-0.05, 0) is 57.5 Å². The number of aryl methyl sites for hydroxylation is 1. The van der Waals surface area contributed by atoms with Crippen LogP contribution in [0.5, 0.6) is 0 Å². The molecule has 0 aromatic heterocycles. The Morgan fingerprint density at radius 3 is 2.26 bits per heavy atom. The first kappa shape index (κ1) is 20.8. The highest BCUT2D eigenvalue weighted by Crippen LogP contribution is 2.27. The maximum Gasteiger partial charge on any atom is 0.326 e. The zero-order valence-electron chi connectivity index (χ0n) is 15.5. The van der Waals surface area contributed by atoms with Crippen LogP contribution in [0.2, 0.25) is 5.02 Å². The number of amides is 1. The number of hydrogen-bond donors (Lipinski definition) is 0. The molecule has 7 heteroatoms. The van der Waals surface area contributed by atoms with Crippen LogP contribution < -0.4 is 4.90 Å². The summed E-state index contributed by atoms with van der Waals surface area (Å²) in [6, 6.07) is 7.83. The Morgan fingerprint density at radius 2 is 1.70 bits per heavy atom. The Hall–Kier alpha value is -2.47. The van der Waals surface area contributed by atoms with Crippen LogP contribution in [0.1, 0.15) is 36.7 Å². The van der Waals surface area contributed by atoms with Gasteiger partial charge in [-0.3, -0.25) is 14.5 Å². The van der Waals surface area contributed by atoms with E-state index in [1.54, 1.807) is 39.8 Å². The summed E-state index contributed by atoms with van der Waals surface area (Å²) in [7, 11) is 0. The van der Waals surface area contributed by atoms with Gasteiger partial charge in [-0.2, -0.15) is 0 Å². The lowest BCUT2D eigenvalue weighted by atomic mass is 10.1. The molecule has 0 atom stereocenters. The maximum absolute atomic E-state index is 14.1. The molecule has 0 radical (unpaired) electrons. The van der Waals surface area contributed by atoms with E-state index in [2.05, 4.69) is 0 Å². The van der Waals surface area contributed by atoms with Crippen LogP contribution in [0.15, 0.2) is 36.4 Å². The number of esters is 1. The fourth-order valence-corrected chi connectivity index (χ4v) is 2.65. The van der Waals surface area contributed by atoms with E-state index in [0.29, 0.717) is 10.6 Å². The van der Waals surface area contributed by atoms with Crippen molar-refractivity contribution in [2.75, 3.05) is 11.4 Å². The first-order chi connectivity index (χ1) is 12.5. The average molecular weight is 396 g/mol. The molecule has 0 aliphatic heterocycles. The number of ether oxygens (including phenoxy) is 1. The number of carbonyl (C=O) groups excluding carboxylic acids is 2. The third-order valence-corrected chi connectivity index (χ3v) is 3.83. The molecule has 1 amide bonds. The first-order valence-electron chi connectivity index (χ1n) is 8.23. The minimum absolute atomic E-state index is 0.265. The molecular weight excluding hydrogens is 376 g/mol. The van der Waals surface area contributed by atoms with E-state index in [0.717, 1.165) is 23.1 Å². The fourth-order valence-electron chi connectivity index (χ4n) is 2.48. The highest BCUT2D eigenvalue weighted by atomic mass is 35.5. The second-order valence-electron chi connectivity index (χ2n) is 7.01. The number of benzene rings is 2. The van der Waals surface area contributed by atoms with E-state index < -0.39 is 41.2 Å². The molecule has 0 unspecified atom stereocenters. The molecule has 0 bridgehead atoms. The van der Waals surface area contributed by atoms with Gasteiger partial charge in [-0.15, -0.1) is 0 Å². The summed E-state index contributed by atoms with van der Waals surface area (Å²) in [6.07, 6.45) is 0. The predicted molar refractivity (Wildman–Crippen MR) is 100 cm³/mol. The molecular formula is C20H20ClF2NO3. The van der Waals surface area contributed by atoms with Crippen LogP contribution in [0.25, 0.3) is 0 Å². The predicted octanol–water partition coefficient (Wildman–Crippen LogP) is 4.92. The van der Waals surface area contributed by atoms with Crippen molar-refractivity contribution in [1.29, 1.82) is 0 Å². The van der Waals surface area contributed by atoms with Crippen molar-refractivity contribution in [1.82, 2.24) is 0 Å². The minimum atomic E-state index is -1.02. The molecule has 4 nitrogen and oxygen atoms in total. The van der Waals surface area contributed by atoms with Crippen molar-refractivity contribution in [2.24, 2.45) is 0 Å². The standard InChI is InChI=1S/C20H20ClF2NO3/c1-12-8-9-13(21)10-16(12)24(11-17(25)27-20(2,3)4)19(26)18-14(22)6-5-7-15(18)23/h5-10H,11H2,1-4H3. The van der Waals surface area contributed by atoms with Crippen molar-refractivity contribution in [2.45, 2.75) is 33.3 Å². The van der Waals surface area contributed by atoms with Crippen molar-refractivity contribution in [3.8, 4) is 0 Å². The van der Waals surface area contributed by atoms with Gasteiger partial charge in [0.15, 0.2) is 0 Å². The number of rotatable bonds is 4. The summed E-state index contributed by atoms with van der Waals surface area (Å²) in [5.41, 5.74) is -0.659. The van der Waals surface area contributed by atoms with Gasteiger partial charge in [0.25, 0.3) is 5.91 Å². The molecule has 0 spiro atoms. The molecule has 0 N–H and O–H groups in total. The largest absolute Gasteiger partial charge is 0.459 e. The second kappa shape index (κ2) is 8.05. The number of nitrogens with zero attached hydrogens (tertiary/aromatic N) is 1. The first-order valence-corrected chi connectivity index (χ1v) is 8.61. The molecule has 2 aromatic rings. The third-order valence-electron chi connectivity index (χ3n) is 3.59. The van der Waals surface area contributed by atoms with Gasteiger partial charge < -0.3 is 4.74 Å². The summed E-state index contributed by atoms with van der Waals surface area (Å²) in [6.45, 7) is 6.21. The van der Waals surface area contributed by atoms with Gasteiger partial charge in [0.05, 0.1) is 0 Å². The van der Waals surface area contributed by atoms with Crippen LogP contribution in [0.4, 0.5) is 14.5 Å². The van der Waals surface area contributed by atoms with Gasteiger partial charge in [0.2, 0.25) is 0 Å². The summed E-state index contributed by atoms with van der Waals surface area (Å²) < 4.78 is 33.5. The molecule has 0 aliphatic carbocycles. The smallest absolute Gasteiger partial charge is 0.326 e. The SMILES string of the molecule is Cc1ccc(Cl)cc1N(CC(=O)OC(C)(C)C)C(=O)c1c(F)cccc1F. The lowest BCUT2D eigenvalue weighted by Crippen LogP contribution is -2.40. The zero-order valence-corrected chi connectivity index (χ0v) is 16.2. The third kappa shape index (κ3) is 5.26. The lowest BCUT2D eigenvalue weighted by molar-refractivity contribution is -0.152. The minimum Gasteiger partial charge on any atom is -0.459 e. The van der Waals surface area contributed by atoms with Crippen LogP contribution in [-0.4, -0.2) is 24.0 Å². The summed E-state index contributed by atoms with van der Waals surface area (Å²) in [5.74, 6) is -3.75. The van der Waals surface area contributed by atoms with Gasteiger partial charge in [-0.1, -0.05) is 23.7 Å². The Labute approximate surface area is 161 Å². The van der Waals surface area contributed by atoms with Crippen molar-refractivity contribution >= 4 is 29.2 Å². The van der Waals surface area contributed by atoms with Crippen LogP contribution in [0.3, 0.4) is 0 Å². The molecule has 144 valence electrons. The van der Waals surface area contributed by atoms with E-state index in [1.165, 1.54) is 6.07 Å². The van der Waals surface area contributed by atoms with Gasteiger partial charge >= 0.3 is 5.97 Å². The van der Waals surface area contributed by atoms with E-state index in [9.17, 15) is 18.4 Å². The van der Waals surface area contributed by atoms with Crippen molar-refractivity contribution in [3.63, 3.8) is 0 Å². The monoisotopic (exact) mass is 395 g/mol. The fraction of sp³-hybridized carbons (Fsp3) is 0.300. The summed E-state index contributed by atoms with van der Waals surface area (Å²) in [4.78, 5) is 26.2. The van der Waals surface area contributed by atoms with E-state index in [4.69, 9.17) is 16.3 Å². The van der Waals surface area contributed by atoms with E-state index in [-0.39, 0.29) is 5.69 Å². The summed E-state index contributed by atoms with van der Waals surface area (Å²) >= 11 is 6.01. The van der Waals surface area contributed by atoms with E-state index in [1.807, 2.05) is 0 Å². The molecule has 27 heavy (non-hydrogen) atoms. The molecule has 2 rings (SSSR count). The molecule has 0 fully saturated rings. The van der Waals surface area contributed by atoms with Gasteiger partial charge in [0.1, 0.15) is 29.3 Å². The normalized spacial score (nSPS) is 11.2. The summed E-state index contributed by atoms with van der Waals surface area (Å²) in [5, 5.41) is 0.312. The highest BCUT2D eigenvalue weighted by Gasteiger charge is 2.29. The Kier molecular flexibility index (Phi) is 6.21. The molecule has 2 aromatic carbocycles. The Bertz CT molecular complexity index is 858. The van der Waals surface area contributed by atoms with Crippen LogP contribution >= 0.6 is 11.6 Å². The highest BCUT2D eigenvalue weighted by molar-refractivity contribution is 6.31. The lowest BCUT2D eigenvalue weighted by Gasteiger charge is -2.27. The Balaban J connectivity index is 2.51. The number of anilines is 1. The number of carbonyl (C=O) groups is 2. The van der Waals surface area contributed by atoms with Crippen molar-refractivity contribution < 1.29 is 23.1 Å². The molecule has 0 saturated carbocycles. The quantitative estimate of drug-likeness (QED) is 0.690. The average Bonchev–Trinajstić information content (AvgIpc) is 2.53. The topological polar surface area (TPSA) is 46.6 Å². The second-order valence-corrected chi connectivity index (χ2v) is 7.44. The van der Waals surface area contributed by atoms with Gasteiger partial charge in [0, 0.05) is 10.7 Å². The van der Waals surface area contributed by atoms with Crippen LogP contribution in [-0.2, 0) is 9.53 Å². The van der Waals surface area contributed by atoms with Crippen LogP contribution in [0, 0.1) is 18.6 Å². The molecule has 0 saturated heterocycles. The zero-order chi connectivity index (χ0) is 20.4. The maximum atomic E-state index is 14.1. The molecule has 0 heterocycles. The number of halogens is 3. The van der Waals surface area contributed by atoms with Crippen molar-refractivity contribution in [3.05, 3.63) is 64.2 Å². The number of hydrogen-bond acceptors (Lipinski definition) is 3. The van der Waals surface area contributed by atoms with Gasteiger partial charge in [-0.25, -0.2) is 8.78 Å². The van der Waals surface area contributed by atoms with E-state index >= 15 is 0 Å². The Morgan fingerprint density at radius 1 is 1.11 bits per heavy atom.